The zero-order valence-corrected chi connectivity index (χ0v) is 11.3. The molecule has 0 aliphatic rings. The SMILES string of the molecule is COC(=O)CCCCNC(=O)N(C)Cc1ccco1. The maximum absolute atomic E-state index is 11.7. The van der Waals surface area contributed by atoms with Crippen molar-refractivity contribution in [2.45, 2.75) is 25.8 Å². The molecule has 1 heterocycles. The minimum Gasteiger partial charge on any atom is -0.469 e. The lowest BCUT2D eigenvalue weighted by atomic mass is 10.2. The molecule has 19 heavy (non-hydrogen) atoms. The summed E-state index contributed by atoms with van der Waals surface area (Å²) in [6, 6.07) is 3.45. The second-order valence-corrected chi connectivity index (χ2v) is 4.20. The molecular weight excluding hydrogens is 248 g/mol. The first-order valence-electron chi connectivity index (χ1n) is 6.21. The molecule has 0 bridgehead atoms. The quantitative estimate of drug-likeness (QED) is 0.604. The van der Waals surface area contributed by atoms with Gasteiger partial charge in [0.2, 0.25) is 0 Å². The number of carbonyl (C=O) groups is 2. The van der Waals surface area contributed by atoms with Gasteiger partial charge in [-0.25, -0.2) is 4.79 Å². The number of esters is 1. The summed E-state index contributed by atoms with van der Waals surface area (Å²) < 4.78 is 9.69. The van der Waals surface area contributed by atoms with Crippen molar-refractivity contribution >= 4 is 12.0 Å². The summed E-state index contributed by atoms with van der Waals surface area (Å²) in [6.07, 6.45) is 3.41. The van der Waals surface area contributed by atoms with E-state index in [9.17, 15) is 9.59 Å². The van der Waals surface area contributed by atoms with Crippen LogP contribution in [0.4, 0.5) is 4.79 Å². The molecule has 1 aromatic rings. The van der Waals surface area contributed by atoms with Gasteiger partial charge in [0.05, 0.1) is 19.9 Å². The summed E-state index contributed by atoms with van der Waals surface area (Å²) >= 11 is 0. The Labute approximate surface area is 112 Å². The van der Waals surface area contributed by atoms with Crippen LogP contribution in [0.2, 0.25) is 0 Å². The molecule has 0 radical (unpaired) electrons. The predicted molar refractivity (Wildman–Crippen MR) is 69.4 cm³/mol. The fourth-order valence-electron chi connectivity index (χ4n) is 1.53. The maximum atomic E-state index is 11.7. The molecule has 0 unspecified atom stereocenters. The van der Waals surface area contributed by atoms with Gasteiger partial charge in [-0.15, -0.1) is 0 Å². The Hall–Kier alpha value is -1.98. The van der Waals surface area contributed by atoms with Gasteiger partial charge in [-0.05, 0) is 25.0 Å². The smallest absolute Gasteiger partial charge is 0.317 e. The Kier molecular flexibility index (Phi) is 6.49. The lowest BCUT2D eigenvalue weighted by Crippen LogP contribution is -2.37. The fraction of sp³-hybridized carbons (Fsp3) is 0.538. The van der Waals surface area contributed by atoms with Crippen LogP contribution in [0.5, 0.6) is 0 Å². The van der Waals surface area contributed by atoms with E-state index in [1.54, 1.807) is 24.3 Å². The summed E-state index contributed by atoms with van der Waals surface area (Å²) in [7, 11) is 3.07. The highest BCUT2D eigenvalue weighted by Crippen LogP contribution is 2.03. The van der Waals surface area contributed by atoms with E-state index in [1.165, 1.54) is 7.11 Å². The number of ether oxygens (including phenoxy) is 1. The molecule has 0 fully saturated rings. The van der Waals surface area contributed by atoms with Gasteiger partial charge in [0.1, 0.15) is 5.76 Å². The topological polar surface area (TPSA) is 71.8 Å². The van der Waals surface area contributed by atoms with E-state index in [-0.39, 0.29) is 12.0 Å². The van der Waals surface area contributed by atoms with Crippen LogP contribution in [-0.2, 0) is 16.1 Å². The van der Waals surface area contributed by atoms with Crippen LogP contribution in [0.3, 0.4) is 0 Å². The molecule has 106 valence electrons. The average Bonchev–Trinajstić information content (AvgIpc) is 2.90. The molecule has 0 saturated heterocycles. The number of nitrogens with zero attached hydrogens (tertiary/aromatic N) is 1. The standard InChI is InChI=1S/C13H20N2O4/c1-15(10-11-6-5-9-19-11)13(17)14-8-4-3-7-12(16)18-2/h5-6,9H,3-4,7-8,10H2,1-2H3,(H,14,17). The van der Waals surface area contributed by atoms with E-state index in [0.29, 0.717) is 25.9 Å². The summed E-state index contributed by atoms with van der Waals surface area (Å²) in [5, 5.41) is 2.78. The molecule has 0 spiro atoms. The minimum atomic E-state index is -0.221. The maximum Gasteiger partial charge on any atom is 0.317 e. The predicted octanol–water partition coefficient (Wildman–Crippen LogP) is 1.76. The Bertz CT molecular complexity index is 389. The normalized spacial score (nSPS) is 10.0. The van der Waals surface area contributed by atoms with Gasteiger partial charge in [0.25, 0.3) is 0 Å². The first kappa shape index (κ1) is 15.1. The van der Waals surface area contributed by atoms with Crippen LogP contribution in [-0.4, -0.2) is 37.6 Å². The zero-order chi connectivity index (χ0) is 14.1. The molecule has 0 aliphatic heterocycles. The molecule has 0 aliphatic carbocycles. The first-order valence-corrected chi connectivity index (χ1v) is 6.21. The van der Waals surface area contributed by atoms with Gasteiger partial charge < -0.3 is 19.4 Å². The molecule has 0 saturated carbocycles. The summed E-state index contributed by atoms with van der Waals surface area (Å²) in [5.74, 6) is 0.518. The number of urea groups is 1. The zero-order valence-electron chi connectivity index (χ0n) is 11.3. The van der Waals surface area contributed by atoms with Gasteiger partial charge in [0, 0.05) is 20.0 Å². The third-order valence-electron chi connectivity index (χ3n) is 2.63. The number of rotatable bonds is 7. The van der Waals surface area contributed by atoms with Crippen molar-refractivity contribution in [3.05, 3.63) is 24.2 Å². The fourth-order valence-corrected chi connectivity index (χ4v) is 1.53. The van der Waals surface area contributed by atoms with E-state index < -0.39 is 0 Å². The van der Waals surface area contributed by atoms with Crippen LogP contribution in [0.1, 0.15) is 25.0 Å². The monoisotopic (exact) mass is 268 g/mol. The highest BCUT2D eigenvalue weighted by atomic mass is 16.5. The van der Waals surface area contributed by atoms with Crippen molar-refractivity contribution in [1.29, 1.82) is 0 Å². The summed E-state index contributed by atoms with van der Waals surface area (Å²) in [5.41, 5.74) is 0. The molecule has 2 amide bonds. The van der Waals surface area contributed by atoms with Crippen LogP contribution in [0.25, 0.3) is 0 Å². The van der Waals surface area contributed by atoms with Crippen molar-refractivity contribution < 1.29 is 18.7 Å². The second-order valence-electron chi connectivity index (χ2n) is 4.20. The number of amides is 2. The van der Waals surface area contributed by atoms with Crippen molar-refractivity contribution in [3.63, 3.8) is 0 Å². The summed E-state index contributed by atoms with van der Waals surface area (Å²) in [4.78, 5) is 24.1. The van der Waals surface area contributed by atoms with Crippen molar-refractivity contribution in [2.75, 3.05) is 20.7 Å². The van der Waals surface area contributed by atoms with E-state index in [0.717, 1.165) is 12.2 Å². The van der Waals surface area contributed by atoms with Gasteiger partial charge in [-0.1, -0.05) is 0 Å². The van der Waals surface area contributed by atoms with Crippen LogP contribution >= 0.6 is 0 Å². The van der Waals surface area contributed by atoms with E-state index in [1.807, 2.05) is 6.07 Å². The lowest BCUT2D eigenvalue weighted by molar-refractivity contribution is -0.140. The number of carbonyl (C=O) groups excluding carboxylic acids is 2. The van der Waals surface area contributed by atoms with Crippen LogP contribution in [0.15, 0.2) is 22.8 Å². The van der Waals surface area contributed by atoms with Crippen LogP contribution < -0.4 is 5.32 Å². The number of furan rings is 1. The molecule has 0 aromatic carbocycles. The molecule has 6 nitrogen and oxygen atoms in total. The number of hydrogen-bond donors (Lipinski definition) is 1. The second kappa shape index (κ2) is 8.18. The Morgan fingerprint density at radius 3 is 2.84 bits per heavy atom. The lowest BCUT2D eigenvalue weighted by Gasteiger charge is -2.16. The van der Waals surface area contributed by atoms with Crippen molar-refractivity contribution in [1.82, 2.24) is 10.2 Å². The molecule has 1 N–H and O–H groups in total. The molecule has 1 aromatic heterocycles. The Morgan fingerprint density at radius 1 is 1.42 bits per heavy atom. The van der Waals surface area contributed by atoms with Crippen molar-refractivity contribution in [3.8, 4) is 0 Å². The highest BCUT2D eigenvalue weighted by Gasteiger charge is 2.09. The third kappa shape index (κ3) is 5.94. The Balaban J connectivity index is 2.11. The molecular formula is C13H20N2O4. The number of methoxy groups -OCH3 is 1. The van der Waals surface area contributed by atoms with E-state index >= 15 is 0 Å². The van der Waals surface area contributed by atoms with E-state index in [2.05, 4.69) is 10.1 Å². The first-order chi connectivity index (χ1) is 9.13. The van der Waals surface area contributed by atoms with Crippen molar-refractivity contribution in [2.24, 2.45) is 0 Å². The largest absolute Gasteiger partial charge is 0.469 e. The number of nitrogens with one attached hydrogen (secondary N) is 1. The van der Waals surface area contributed by atoms with Gasteiger partial charge in [-0.3, -0.25) is 4.79 Å². The van der Waals surface area contributed by atoms with Gasteiger partial charge in [0.15, 0.2) is 0 Å². The van der Waals surface area contributed by atoms with Gasteiger partial charge in [-0.2, -0.15) is 0 Å². The minimum absolute atomic E-state index is 0.158. The summed E-state index contributed by atoms with van der Waals surface area (Å²) in [6.45, 7) is 0.972. The highest BCUT2D eigenvalue weighted by molar-refractivity contribution is 5.73. The molecule has 6 heteroatoms. The average molecular weight is 268 g/mol. The molecule has 0 atom stereocenters. The number of unbranched alkanes of at least 4 members (excludes halogenated alkanes) is 1. The Morgan fingerprint density at radius 2 is 2.21 bits per heavy atom. The third-order valence-corrected chi connectivity index (χ3v) is 2.63. The number of hydrogen-bond acceptors (Lipinski definition) is 4. The van der Waals surface area contributed by atoms with Gasteiger partial charge >= 0.3 is 12.0 Å². The van der Waals surface area contributed by atoms with Crippen LogP contribution in [0, 0.1) is 0 Å². The van der Waals surface area contributed by atoms with E-state index in [4.69, 9.17) is 4.42 Å². The molecule has 1 rings (SSSR count).